The van der Waals surface area contributed by atoms with Crippen molar-refractivity contribution in [2.45, 2.75) is 19.8 Å². The first-order chi connectivity index (χ1) is 4.77. The SMILES string of the molecule is CC=CCC=CCC(=O)O. The summed E-state index contributed by atoms with van der Waals surface area (Å²) in [4.78, 5) is 9.96. The van der Waals surface area contributed by atoms with Crippen molar-refractivity contribution in [1.82, 2.24) is 0 Å². The van der Waals surface area contributed by atoms with Gasteiger partial charge in [-0.15, -0.1) is 0 Å². The van der Waals surface area contributed by atoms with Crippen molar-refractivity contribution in [2.75, 3.05) is 0 Å². The highest BCUT2D eigenvalue weighted by molar-refractivity contribution is 5.68. The molecule has 0 unspecified atom stereocenters. The van der Waals surface area contributed by atoms with Crippen LogP contribution in [0.3, 0.4) is 0 Å². The lowest BCUT2D eigenvalue weighted by atomic mass is 10.3. The minimum atomic E-state index is -0.781. The summed E-state index contributed by atoms with van der Waals surface area (Å²) < 4.78 is 0. The van der Waals surface area contributed by atoms with Crippen LogP contribution in [0.15, 0.2) is 24.3 Å². The van der Waals surface area contributed by atoms with E-state index in [2.05, 4.69) is 0 Å². The van der Waals surface area contributed by atoms with Gasteiger partial charge in [-0.1, -0.05) is 24.3 Å². The van der Waals surface area contributed by atoms with E-state index < -0.39 is 5.97 Å². The maximum atomic E-state index is 9.96. The first kappa shape index (κ1) is 8.95. The molecule has 0 saturated carbocycles. The second-order valence-electron chi connectivity index (χ2n) is 1.87. The fourth-order valence-electron chi connectivity index (χ4n) is 0.495. The van der Waals surface area contributed by atoms with Gasteiger partial charge in [0.25, 0.3) is 0 Å². The maximum Gasteiger partial charge on any atom is 0.307 e. The summed E-state index contributed by atoms with van der Waals surface area (Å²) in [6.07, 6.45) is 8.35. The van der Waals surface area contributed by atoms with Crippen molar-refractivity contribution in [1.29, 1.82) is 0 Å². The average Bonchev–Trinajstić information content (AvgIpc) is 1.87. The van der Waals surface area contributed by atoms with E-state index >= 15 is 0 Å². The zero-order valence-corrected chi connectivity index (χ0v) is 6.08. The Morgan fingerprint density at radius 2 is 2.10 bits per heavy atom. The molecule has 0 saturated heterocycles. The third-order valence-electron chi connectivity index (χ3n) is 0.967. The molecule has 0 aromatic heterocycles. The van der Waals surface area contributed by atoms with Gasteiger partial charge in [0.1, 0.15) is 0 Å². The van der Waals surface area contributed by atoms with Gasteiger partial charge in [0.05, 0.1) is 6.42 Å². The van der Waals surface area contributed by atoms with Crippen LogP contribution in [0.1, 0.15) is 19.8 Å². The van der Waals surface area contributed by atoms with Gasteiger partial charge in [0, 0.05) is 0 Å². The molecule has 2 heteroatoms. The normalized spacial score (nSPS) is 11.3. The van der Waals surface area contributed by atoms with Crippen molar-refractivity contribution in [2.24, 2.45) is 0 Å². The third-order valence-corrected chi connectivity index (χ3v) is 0.967. The summed E-state index contributed by atoms with van der Waals surface area (Å²) in [5, 5.41) is 8.20. The second kappa shape index (κ2) is 6.08. The molecule has 0 aromatic carbocycles. The first-order valence-electron chi connectivity index (χ1n) is 3.25. The topological polar surface area (TPSA) is 37.3 Å². The molecule has 0 aliphatic heterocycles. The van der Waals surface area contributed by atoms with Crippen LogP contribution in [0.4, 0.5) is 0 Å². The fraction of sp³-hybridized carbons (Fsp3) is 0.375. The Bertz CT molecular complexity index is 145. The third kappa shape index (κ3) is 6.95. The molecule has 0 aromatic rings. The van der Waals surface area contributed by atoms with Gasteiger partial charge in [-0.25, -0.2) is 0 Å². The predicted octanol–water partition coefficient (Wildman–Crippen LogP) is 1.98. The van der Waals surface area contributed by atoms with Gasteiger partial charge in [-0.2, -0.15) is 0 Å². The van der Waals surface area contributed by atoms with Crippen LogP contribution in [0, 0.1) is 0 Å². The van der Waals surface area contributed by atoms with E-state index in [9.17, 15) is 4.79 Å². The number of hydrogen-bond donors (Lipinski definition) is 1. The fourth-order valence-corrected chi connectivity index (χ4v) is 0.495. The van der Waals surface area contributed by atoms with Crippen LogP contribution >= 0.6 is 0 Å². The van der Waals surface area contributed by atoms with Crippen LogP contribution in [-0.4, -0.2) is 11.1 Å². The van der Waals surface area contributed by atoms with E-state index in [1.807, 2.05) is 25.2 Å². The Hall–Kier alpha value is -1.05. The lowest BCUT2D eigenvalue weighted by Crippen LogP contribution is -1.89. The molecule has 0 spiro atoms. The van der Waals surface area contributed by atoms with E-state index in [1.54, 1.807) is 6.08 Å². The molecular weight excluding hydrogens is 128 g/mol. The zero-order chi connectivity index (χ0) is 7.82. The number of allylic oxidation sites excluding steroid dienone is 3. The Labute approximate surface area is 60.9 Å². The summed E-state index contributed by atoms with van der Waals surface area (Å²) >= 11 is 0. The summed E-state index contributed by atoms with van der Waals surface area (Å²) in [5.41, 5.74) is 0. The molecule has 56 valence electrons. The molecule has 0 atom stereocenters. The maximum absolute atomic E-state index is 9.96. The predicted molar refractivity (Wildman–Crippen MR) is 40.8 cm³/mol. The molecule has 0 amide bonds. The Morgan fingerprint density at radius 3 is 2.60 bits per heavy atom. The molecule has 10 heavy (non-hydrogen) atoms. The number of carboxylic acids is 1. The largest absolute Gasteiger partial charge is 0.481 e. The molecule has 0 aliphatic carbocycles. The zero-order valence-electron chi connectivity index (χ0n) is 6.08. The van der Waals surface area contributed by atoms with Crippen molar-refractivity contribution in [3.63, 3.8) is 0 Å². The smallest absolute Gasteiger partial charge is 0.307 e. The molecule has 2 nitrogen and oxygen atoms in total. The van der Waals surface area contributed by atoms with Gasteiger partial charge in [-0.05, 0) is 13.3 Å². The highest BCUT2D eigenvalue weighted by Gasteiger charge is 1.86. The standard InChI is InChI=1S/C8H12O2/c1-2-3-4-5-6-7-8(9)10/h2-3,5-6H,4,7H2,1H3,(H,9,10). The van der Waals surface area contributed by atoms with Crippen molar-refractivity contribution < 1.29 is 9.90 Å². The van der Waals surface area contributed by atoms with Crippen LogP contribution in [0.2, 0.25) is 0 Å². The lowest BCUT2D eigenvalue weighted by Gasteiger charge is -1.81. The minimum absolute atomic E-state index is 0.123. The molecular formula is C8H12O2. The number of aliphatic carboxylic acids is 1. The molecule has 0 fully saturated rings. The number of carboxylic acid groups (broad SMARTS) is 1. The van der Waals surface area contributed by atoms with Crippen molar-refractivity contribution in [3.8, 4) is 0 Å². The van der Waals surface area contributed by atoms with Gasteiger partial charge < -0.3 is 5.11 Å². The lowest BCUT2D eigenvalue weighted by molar-refractivity contribution is -0.136. The number of carbonyl (C=O) groups is 1. The minimum Gasteiger partial charge on any atom is -0.481 e. The van der Waals surface area contributed by atoms with Crippen LogP contribution in [-0.2, 0) is 4.79 Å². The van der Waals surface area contributed by atoms with Gasteiger partial charge in [0.15, 0.2) is 0 Å². The van der Waals surface area contributed by atoms with E-state index in [-0.39, 0.29) is 6.42 Å². The van der Waals surface area contributed by atoms with E-state index in [0.717, 1.165) is 6.42 Å². The van der Waals surface area contributed by atoms with Crippen LogP contribution in [0.25, 0.3) is 0 Å². The monoisotopic (exact) mass is 140 g/mol. The molecule has 0 rings (SSSR count). The second-order valence-corrected chi connectivity index (χ2v) is 1.87. The quantitative estimate of drug-likeness (QED) is 0.606. The molecule has 0 aliphatic rings. The molecule has 0 radical (unpaired) electrons. The highest BCUT2D eigenvalue weighted by atomic mass is 16.4. The summed E-state index contributed by atoms with van der Waals surface area (Å²) in [6.45, 7) is 1.94. The number of hydrogen-bond acceptors (Lipinski definition) is 1. The van der Waals surface area contributed by atoms with Crippen molar-refractivity contribution in [3.05, 3.63) is 24.3 Å². The van der Waals surface area contributed by atoms with Gasteiger partial charge in [0.2, 0.25) is 0 Å². The Morgan fingerprint density at radius 1 is 1.40 bits per heavy atom. The van der Waals surface area contributed by atoms with E-state index in [1.165, 1.54) is 0 Å². The molecule has 1 N–H and O–H groups in total. The van der Waals surface area contributed by atoms with Crippen molar-refractivity contribution >= 4 is 5.97 Å². The summed E-state index contributed by atoms with van der Waals surface area (Å²) in [6, 6.07) is 0. The molecule has 0 bridgehead atoms. The van der Waals surface area contributed by atoms with E-state index in [4.69, 9.17) is 5.11 Å². The van der Waals surface area contributed by atoms with Gasteiger partial charge in [-0.3, -0.25) is 4.79 Å². The first-order valence-corrected chi connectivity index (χ1v) is 3.25. The summed E-state index contributed by atoms with van der Waals surface area (Å²) in [7, 11) is 0. The van der Waals surface area contributed by atoms with Crippen LogP contribution in [0.5, 0.6) is 0 Å². The van der Waals surface area contributed by atoms with Gasteiger partial charge >= 0.3 is 5.97 Å². The average molecular weight is 140 g/mol. The highest BCUT2D eigenvalue weighted by Crippen LogP contribution is 1.88. The van der Waals surface area contributed by atoms with Crippen LogP contribution < -0.4 is 0 Å². The van der Waals surface area contributed by atoms with E-state index in [0.29, 0.717) is 0 Å². The summed E-state index contributed by atoms with van der Waals surface area (Å²) in [5.74, 6) is -0.781. The number of rotatable bonds is 4. The Kier molecular flexibility index (Phi) is 5.44. The molecule has 0 heterocycles. The Balaban J connectivity index is 3.29.